The largest absolute Gasteiger partial charge is 0.384 e. The van der Waals surface area contributed by atoms with Gasteiger partial charge in [0.1, 0.15) is 11.6 Å². The Kier molecular flexibility index (Phi) is 4.70. The van der Waals surface area contributed by atoms with Crippen LogP contribution in [-0.4, -0.2) is 15.9 Å². The summed E-state index contributed by atoms with van der Waals surface area (Å²) in [4.78, 5) is 23.4. The SMILES string of the molecule is CC(C)(C)c1ccc(N2Cc3ccnc(NCc4ccnc(N)c4)c3C2=O)cc1. The smallest absolute Gasteiger partial charge is 0.262 e. The van der Waals surface area contributed by atoms with Crippen molar-refractivity contribution in [2.75, 3.05) is 16.0 Å². The molecule has 3 heterocycles. The van der Waals surface area contributed by atoms with Crippen molar-refractivity contribution in [3.63, 3.8) is 0 Å². The predicted octanol–water partition coefficient (Wildman–Crippen LogP) is 4.13. The number of hydrogen-bond acceptors (Lipinski definition) is 5. The van der Waals surface area contributed by atoms with Crippen LogP contribution in [-0.2, 0) is 18.5 Å². The highest BCUT2D eigenvalue weighted by Crippen LogP contribution is 2.33. The monoisotopic (exact) mass is 387 g/mol. The van der Waals surface area contributed by atoms with E-state index >= 15 is 0 Å². The normalized spacial score (nSPS) is 13.5. The molecule has 29 heavy (non-hydrogen) atoms. The van der Waals surface area contributed by atoms with Crippen LogP contribution in [0.2, 0.25) is 0 Å². The van der Waals surface area contributed by atoms with Crippen LogP contribution in [0.3, 0.4) is 0 Å². The molecule has 1 amide bonds. The van der Waals surface area contributed by atoms with E-state index in [-0.39, 0.29) is 11.3 Å². The van der Waals surface area contributed by atoms with Crippen LogP contribution in [0.25, 0.3) is 0 Å². The highest BCUT2D eigenvalue weighted by atomic mass is 16.2. The molecule has 6 heteroatoms. The highest BCUT2D eigenvalue weighted by molar-refractivity contribution is 6.12. The summed E-state index contributed by atoms with van der Waals surface area (Å²) in [6.07, 6.45) is 3.41. The molecule has 1 aliphatic rings. The third-order valence-corrected chi connectivity index (χ3v) is 5.18. The van der Waals surface area contributed by atoms with Crippen molar-refractivity contribution in [3.05, 3.63) is 77.1 Å². The summed E-state index contributed by atoms with van der Waals surface area (Å²) < 4.78 is 0. The van der Waals surface area contributed by atoms with Crippen LogP contribution >= 0.6 is 0 Å². The van der Waals surface area contributed by atoms with Gasteiger partial charge in [0.05, 0.1) is 12.1 Å². The van der Waals surface area contributed by atoms with Gasteiger partial charge in [-0.3, -0.25) is 4.79 Å². The summed E-state index contributed by atoms with van der Waals surface area (Å²) >= 11 is 0. The van der Waals surface area contributed by atoms with Crippen molar-refractivity contribution in [2.45, 2.75) is 39.3 Å². The van der Waals surface area contributed by atoms with Crippen LogP contribution < -0.4 is 16.0 Å². The van der Waals surface area contributed by atoms with Crippen LogP contribution in [0.4, 0.5) is 17.3 Å². The fraction of sp³-hybridized carbons (Fsp3) is 0.261. The number of nitrogens with two attached hydrogens (primary N) is 1. The van der Waals surface area contributed by atoms with Gasteiger partial charge in [0.2, 0.25) is 0 Å². The number of carbonyl (C=O) groups is 1. The maximum atomic E-state index is 13.2. The third kappa shape index (κ3) is 3.78. The van der Waals surface area contributed by atoms with E-state index in [2.05, 4.69) is 48.2 Å². The zero-order chi connectivity index (χ0) is 20.6. The van der Waals surface area contributed by atoms with E-state index in [1.54, 1.807) is 23.4 Å². The number of rotatable bonds is 4. The quantitative estimate of drug-likeness (QED) is 0.703. The number of carbonyl (C=O) groups excluding carboxylic acids is 1. The third-order valence-electron chi connectivity index (χ3n) is 5.18. The Morgan fingerprint density at radius 3 is 2.48 bits per heavy atom. The Labute approximate surface area is 170 Å². The molecule has 1 aromatic carbocycles. The Bertz CT molecular complexity index is 1050. The number of nitrogens with one attached hydrogen (secondary N) is 1. The maximum Gasteiger partial charge on any atom is 0.262 e. The minimum absolute atomic E-state index is 0.0339. The number of fused-ring (bicyclic) bond motifs is 1. The second kappa shape index (κ2) is 7.20. The van der Waals surface area contributed by atoms with Crippen molar-refractivity contribution in [3.8, 4) is 0 Å². The molecule has 0 bridgehead atoms. The van der Waals surface area contributed by atoms with E-state index in [0.29, 0.717) is 30.3 Å². The molecule has 3 N–H and O–H groups in total. The number of amides is 1. The molecule has 2 aromatic heterocycles. The fourth-order valence-electron chi connectivity index (χ4n) is 3.52. The summed E-state index contributed by atoms with van der Waals surface area (Å²) in [7, 11) is 0. The molecule has 0 spiro atoms. The van der Waals surface area contributed by atoms with E-state index in [0.717, 1.165) is 16.8 Å². The molecular formula is C23H25N5O. The van der Waals surface area contributed by atoms with E-state index in [1.807, 2.05) is 24.3 Å². The number of benzene rings is 1. The lowest BCUT2D eigenvalue weighted by atomic mass is 9.87. The summed E-state index contributed by atoms with van der Waals surface area (Å²) in [5, 5.41) is 3.28. The van der Waals surface area contributed by atoms with Gasteiger partial charge in [0.15, 0.2) is 0 Å². The predicted molar refractivity (Wildman–Crippen MR) is 116 cm³/mol. The van der Waals surface area contributed by atoms with Gasteiger partial charge in [0.25, 0.3) is 5.91 Å². The first-order valence-electron chi connectivity index (χ1n) is 9.67. The molecule has 1 aliphatic heterocycles. The lowest BCUT2D eigenvalue weighted by molar-refractivity contribution is 0.0997. The Balaban J connectivity index is 1.56. The minimum atomic E-state index is -0.0339. The van der Waals surface area contributed by atoms with E-state index in [9.17, 15) is 4.79 Å². The summed E-state index contributed by atoms with van der Waals surface area (Å²) in [6.45, 7) is 7.60. The number of nitrogens with zero attached hydrogens (tertiary/aromatic N) is 3. The minimum Gasteiger partial charge on any atom is -0.384 e. The number of hydrogen-bond donors (Lipinski definition) is 2. The average molecular weight is 387 g/mol. The van der Waals surface area contributed by atoms with Crippen molar-refractivity contribution >= 4 is 23.2 Å². The van der Waals surface area contributed by atoms with Crippen molar-refractivity contribution in [1.82, 2.24) is 9.97 Å². The summed E-state index contributed by atoms with van der Waals surface area (Å²) in [6, 6.07) is 13.8. The molecule has 6 nitrogen and oxygen atoms in total. The summed E-state index contributed by atoms with van der Waals surface area (Å²) in [5.41, 5.74) is 10.5. The van der Waals surface area contributed by atoms with Crippen molar-refractivity contribution < 1.29 is 4.79 Å². The molecule has 0 atom stereocenters. The Morgan fingerprint density at radius 1 is 1.07 bits per heavy atom. The number of aromatic nitrogens is 2. The number of nitrogen functional groups attached to an aromatic ring is 1. The molecule has 0 saturated carbocycles. The van der Waals surface area contributed by atoms with Crippen LogP contribution in [0.1, 0.15) is 47.8 Å². The van der Waals surface area contributed by atoms with Gasteiger partial charge in [0, 0.05) is 24.6 Å². The van der Waals surface area contributed by atoms with E-state index < -0.39 is 0 Å². The lowest BCUT2D eigenvalue weighted by Crippen LogP contribution is -2.24. The zero-order valence-electron chi connectivity index (χ0n) is 16.9. The second-order valence-electron chi connectivity index (χ2n) is 8.32. The molecule has 0 fully saturated rings. The molecule has 148 valence electrons. The molecular weight excluding hydrogens is 362 g/mol. The van der Waals surface area contributed by atoms with Crippen LogP contribution in [0.15, 0.2) is 54.9 Å². The molecule has 0 aliphatic carbocycles. The van der Waals surface area contributed by atoms with Gasteiger partial charge in [-0.1, -0.05) is 32.9 Å². The van der Waals surface area contributed by atoms with E-state index in [1.165, 1.54) is 5.56 Å². The van der Waals surface area contributed by atoms with Gasteiger partial charge in [-0.25, -0.2) is 9.97 Å². The van der Waals surface area contributed by atoms with Gasteiger partial charge in [-0.05, 0) is 52.4 Å². The highest BCUT2D eigenvalue weighted by Gasteiger charge is 2.32. The van der Waals surface area contributed by atoms with Crippen molar-refractivity contribution in [1.29, 1.82) is 0 Å². The van der Waals surface area contributed by atoms with Gasteiger partial charge >= 0.3 is 0 Å². The van der Waals surface area contributed by atoms with Crippen molar-refractivity contribution in [2.24, 2.45) is 0 Å². The molecule has 3 aromatic rings. The lowest BCUT2D eigenvalue weighted by Gasteiger charge is -2.21. The first kappa shape index (κ1) is 18.9. The fourth-order valence-corrected chi connectivity index (χ4v) is 3.52. The Hall–Kier alpha value is -3.41. The number of pyridine rings is 2. The summed E-state index contributed by atoms with van der Waals surface area (Å²) in [5.74, 6) is 1.03. The number of anilines is 3. The van der Waals surface area contributed by atoms with E-state index in [4.69, 9.17) is 5.73 Å². The molecule has 4 rings (SSSR count). The topological polar surface area (TPSA) is 84.1 Å². The molecule has 0 radical (unpaired) electrons. The first-order valence-corrected chi connectivity index (χ1v) is 9.67. The van der Waals surface area contributed by atoms with Crippen LogP contribution in [0, 0.1) is 0 Å². The second-order valence-corrected chi connectivity index (χ2v) is 8.32. The maximum absolute atomic E-state index is 13.2. The first-order chi connectivity index (χ1) is 13.8. The Morgan fingerprint density at radius 2 is 1.79 bits per heavy atom. The van der Waals surface area contributed by atoms with Gasteiger partial charge < -0.3 is 16.0 Å². The van der Waals surface area contributed by atoms with Gasteiger partial charge in [-0.15, -0.1) is 0 Å². The molecule has 0 unspecified atom stereocenters. The zero-order valence-corrected chi connectivity index (χ0v) is 16.9. The molecule has 0 saturated heterocycles. The standard InChI is InChI=1S/C23H25N5O/c1-23(2,3)17-4-6-18(7-5-17)28-14-16-9-11-26-21(20(16)22(28)29)27-13-15-8-10-25-19(24)12-15/h4-12H,13-14H2,1-3H3,(H2,24,25)(H,26,27). The van der Waals surface area contributed by atoms with Crippen LogP contribution in [0.5, 0.6) is 0 Å². The van der Waals surface area contributed by atoms with Gasteiger partial charge in [-0.2, -0.15) is 0 Å². The average Bonchev–Trinajstić information content (AvgIpc) is 3.03.